The third-order valence-corrected chi connectivity index (χ3v) is 0.918. The first-order valence-corrected chi connectivity index (χ1v) is 3.62. The molecule has 0 rings (SSSR count). The van der Waals surface area contributed by atoms with Crippen LogP contribution >= 0.6 is 0 Å². The van der Waals surface area contributed by atoms with Gasteiger partial charge >= 0.3 is 5.97 Å². The summed E-state index contributed by atoms with van der Waals surface area (Å²) in [6.07, 6.45) is -0.0957. The van der Waals surface area contributed by atoms with Crippen LogP contribution in [0.4, 0.5) is 0 Å². The van der Waals surface area contributed by atoms with Crippen LogP contribution in [0.3, 0.4) is 0 Å². The number of hydrogen-bond acceptors (Lipinski definition) is 3. The molecule has 0 aliphatic rings. The summed E-state index contributed by atoms with van der Waals surface area (Å²) >= 11 is 0. The van der Waals surface area contributed by atoms with E-state index in [1.807, 2.05) is 20.8 Å². The van der Waals surface area contributed by atoms with Gasteiger partial charge in [-0.15, -0.1) is 0 Å². The Hall–Kier alpha value is -0.570. The fourth-order valence-electron chi connectivity index (χ4n) is 0.492. The summed E-state index contributed by atoms with van der Waals surface area (Å²) in [7, 11) is 0. The van der Waals surface area contributed by atoms with Crippen LogP contribution in [-0.2, 0) is 4.79 Å². The van der Waals surface area contributed by atoms with E-state index in [0.29, 0.717) is 0 Å². The average Bonchev–Trinajstić information content (AvgIpc) is 1.96. The van der Waals surface area contributed by atoms with Gasteiger partial charge in [-0.25, -0.2) is 0 Å². The van der Waals surface area contributed by atoms with Crippen LogP contribution in [0.15, 0.2) is 0 Å². The lowest BCUT2D eigenvalue weighted by atomic mass is 10.1. The summed E-state index contributed by atoms with van der Waals surface area (Å²) in [6, 6.07) is 0. The first-order valence-electron chi connectivity index (χ1n) is 5.02. The molecule has 0 amide bonds. The van der Waals surface area contributed by atoms with Crippen LogP contribution in [-0.4, -0.2) is 23.1 Å². The van der Waals surface area contributed by atoms with Crippen molar-refractivity contribution >= 4 is 5.97 Å². The van der Waals surface area contributed by atoms with Crippen molar-refractivity contribution < 1.29 is 12.6 Å². The Bertz CT molecular complexity index is 201. The fourth-order valence-corrected chi connectivity index (χ4v) is 0.492. The maximum absolute atomic E-state index is 10.6. The highest BCUT2D eigenvalue weighted by Crippen LogP contribution is 1.98. The molecule has 3 heteroatoms. The predicted octanol–water partition coefficient (Wildman–Crippen LogP) is 1.24. The van der Waals surface area contributed by atoms with Crippen molar-refractivity contribution in [2.24, 2.45) is 0 Å². The third kappa shape index (κ3) is 9.43. The molecule has 11 heavy (non-hydrogen) atoms. The second kappa shape index (κ2) is 4.34. The molecule has 0 radical (unpaired) electrons. The van der Waals surface area contributed by atoms with E-state index in [0.717, 1.165) is 0 Å². The van der Waals surface area contributed by atoms with Crippen LogP contribution in [0.1, 0.15) is 36.4 Å². The lowest BCUT2D eigenvalue weighted by Crippen LogP contribution is -2.36. The van der Waals surface area contributed by atoms with E-state index < -0.39 is 12.5 Å². The minimum atomic E-state index is -1.62. The highest BCUT2D eigenvalue weighted by atomic mass is 16.4. The van der Waals surface area contributed by atoms with Crippen molar-refractivity contribution in [1.82, 2.24) is 5.32 Å². The summed E-state index contributed by atoms with van der Waals surface area (Å²) in [5.41, 5.74) is -0.353. The molecular formula is C8H17NO2. The number of rotatable bonds is 4. The van der Waals surface area contributed by atoms with Gasteiger partial charge in [0.05, 0.1) is 0 Å². The summed E-state index contributed by atoms with van der Waals surface area (Å²) in [5.74, 6) is -0.718. The zero-order chi connectivity index (χ0) is 11.4. The van der Waals surface area contributed by atoms with Gasteiger partial charge in [-0.2, -0.15) is 0 Å². The van der Waals surface area contributed by atoms with Gasteiger partial charge < -0.3 is 10.4 Å². The highest BCUT2D eigenvalue weighted by molar-refractivity contribution is 5.66. The van der Waals surface area contributed by atoms with E-state index >= 15 is 0 Å². The van der Waals surface area contributed by atoms with Gasteiger partial charge in [0.15, 0.2) is 0 Å². The van der Waals surface area contributed by atoms with Crippen LogP contribution in [0.5, 0.6) is 0 Å². The zero-order valence-electron chi connectivity index (χ0n) is 10.2. The van der Waals surface area contributed by atoms with E-state index in [1.54, 1.807) is 0 Å². The van der Waals surface area contributed by atoms with Crippen molar-refractivity contribution in [2.75, 3.05) is 6.50 Å². The Labute approximate surface area is 72.1 Å². The quantitative estimate of drug-likeness (QED) is 0.654. The second-order valence-corrected chi connectivity index (χ2v) is 3.42. The monoisotopic (exact) mass is 162 g/mol. The van der Waals surface area contributed by atoms with Crippen molar-refractivity contribution in [3.8, 4) is 0 Å². The first-order chi connectivity index (χ1) is 6.16. The molecule has 0 spiro atoms. The van der Waals surface area contributed by atoms with Gasteiger partial charge in [0.1, 0.15) is 0 Å². The Morgan fingerprint density at radius 3 is 2.82 bits per heavy atom. The van der Waals surface area contributed by atoms with Crippen LogP contribution in [0, 0.1) is 0 Å². The van der Waals surface area contributed by atoms with E-state index in [2.05, 4.69) is 10.4 Å². The molecule has 0 fully saturated rings. The van der Waals surface area contributed by atoms with Gasteiger partial charge in [-0.1, -0.05) is 0 Å². The molecule has 2 N–H and O–H groups in total. The predicted molar refractivity (Wildman–Crippen MR) is 44.6 cm³/mol. The van der Waals surface area contributed by atoms with Gasteiger partial charge in [-0.05, 0) is 33.7 Å². The maximum Gasteiger partial charge on any atom is 0.303 e. The van der Waals surface area contributed by atoms with Crippen LogP contribution < -0.4 is 5.32 Å². The molecule has 0 saturated carbocycles. The topological polar surface area (TPSA) is 49.3 Å². The van der Waals surface area contributed by atoms with Gasteiger partial charge in [0.2, 0.25) is 0 Å². The van der Waals surface area contributed by atoms with E-state index in [1.165, 1.54) is 0 Å². The van der Waals surface area contributed by atoms with Crippen molar-refractivity contribution in [1.29, 1.82) is 1.43 Å². The molecule has 3 nitrogen and oxygen atoms in total. The summed E-state index contributed by atoms with van der Waals surface area (Å²) in [6.45, 7) is 3.90. The van der Waals surface area contributed by atoms with Crippen molar-refractivity contribution in [2.45, 2.75) is 39.2 Å². The molecule has 0 bridgehead atoms. The van der Waals surface area contributed by atoms with E-state index in [9.17, 15) is 4.79 Å². The Morgan fingerprint density at radius 1 is 1.73 bits per heavy atom. The standard InChI is InChI=1S/C8H17NO2/c1-8(2,3)9-6-4-5-7(10)11/h9H,4-6H2,1-3H3,(H,10,11)/i6D2/hD. The summed E-state index contributed by atoms with van der Waals surface area (Å²) in [4.78, 5) is 10.6. The average molecular weight is 162 g/mol. The second-order valence-electron chi connectivity index (χ2n) is 3.42. The SMILES string of the molecule is [2H]OC(=O)CCC([2H])([2H])NC(C)(C)C. The van der Waals surface area contributed by atoms with Gasteiger partial charge in [0.25, 0.3) is 1.43 Å². The minimum Gasteiger partial charge on any atom is -0.481 e. The number of hydrogen-bond donors (Lipinski definition) is 2. The first kappa shape index (κ1) is 6.00. The minimum absolute atomic E-state index is 0.00197. The van der Waals surface area contributed by atoms with Gasteiger partial charge in [-0.3, -0.25) is 4.79 Å². The van der Waals surface area contributed by atoms with Crippen LogP contribution in [0.25, 0.3) is 1.43 Å². The molecule has 0 aromatic carbocycles. The Kier molecular flexibility index (Phi) is 2.37. The molecule has 0 aliphatic carbocycles. The van der Waals surface area contributed by atoms with Crippen molar-refractivity contribution in [3.63, 3.8) is 0 Å². The number of carbonyl (C=O) groups is 1. The molecule has 66 valence electrons. The lowest BCUT2D eigenvalue weighted by Gasteiger charge is -2.19. The molecule has 0 aromatic rings. The summed E-state index contributed by atoms with van der Waals surface area (Å²) in [5, 5.41) is 6.43. The molecule has 0 atom stereocenters. The third-order valence-electron chi connectivity index (χ3n) is 0.918. The highest BCUT2D eigenvalue weighted by Gasteiger charge is 2.07. The molecule has 0 aromatic heterocycles. The van der Waals surface area contributed by atoms with Gasteiger partial charge in [0, 0.05) is 14.7 Å². The van der Waals surface area contributed by atoms with Crippen LogP contribution in [0.2, 0.25) is 0 Å². The summed E-state index contributed by atoms with van der Waals surface area (Å²) < 4.78 is 21.4. The fraction of sp³-hybridized carbons (Fsp3) is 0.875. The largest absolute Gasteiger partial charge is 0.481 e. The van der Waals surface area contributed by atoms with E-state index in [4.69, 9.17) is 4.17 Å². The molecule has 0 heterocycles. The zero-order valence-corrected chi connectivity index (χ0v) is 7.23. The lowest BCUT2D eigenvalue weighted by molar-refractivity contribution is -0.137. The Balaban J connectivity index is 4.01. The number of nitrogens with one attached hydrogen (secondary N) is 1. The number of carboxylic acids is 1. The van der Waals surface area contributed by atoms with Crippen molar-refractivity contribution in [3.05, 3.63) is 0 Å². The Morgan fingerprint density at radius 2 is 2.36 bits per heavy atom. The number of carboxylic acid groups (broad SMARTS) is 1. The molecule has 0 aliphatic heterocycles. The number of aliphatic carboxylic acids is 1. The van der Waals surface area contributed by atoms with E-state index in [-0.39, 0.29) is 18.4 Å². The normalized spacial score (nSPS) is 16.5. The molecule has 0 unspecified atom stereocenters. The molecule has 0 saturated heterocycles. The smallest absolute Gasteiger partial charge is 0.303 e. The molecular weight excluding hydrogens is 142 g/mol. The maximum atomic E-state index is 10.6.